The molecule has 0 aromatic heterocycles. The number of aliphatic hydroxyl groups excluding tert-OH is 1. The second kappa shape index (κ2) is 6.50. The maximum atomic E-state index is 13.1. The Balaban J connectivity index is 2.01. The number of carbonyl (C=O) groups excluding carboxylic acids is 1. The number of rotatable bonds is 3. The number of benzene rings is 2. The Bertz CT molecular complexity index is 907. The van der Waals surface area contributed by atoms with Crippen LogP contribution in [-0.2, 0) is 14.8 Å². The molecule has 7 heteroatoms. The molecule has 0 bridgehead atoms. The standard InChI is InChI=1S/C18H20N2O4S/c1-12-4-3-5-16-17(22)10-11-20(18(12)16)25(23,24)15-8-6-14(7-9-15)19-13(2)21/h3-9,17,22H,10-11H2,1-2H3,(H,19,21). The molecule has 0 aliphatic carbocycles. The number of anilines is 2. The maximum absolute atomic E-state index is 13.1. The minimum absolute atomic E-state index is 0.146. The number of nitrogens with zero attached hydrogens (tertiary/aromatic N) is 1. The number of sulfonamides is 1. The van der Waals surface area contributed by atoms with Crippen LogP contribution in [0.4, 0.5) is 11.4 Å². The van der Waals surface area contributed by atoms with Crippen molar-refractivity contribution >= 4 is 27.3 Å². The van der Waals surface area contributed by atoms with E-state index in [9.17, 15) is 18.3 Å². The number of para-hydroxylation sites is 1. The van der Waals surface area contributed by atoms with E-state index in [4.69, 9.17) is 0 Å². The maximum Gasteiger partial charge on any atom is 0.264 e. The van der Waals surface area contributed by atoms with Gasteiger partial charge in [0.1, 0.15) is 0 Å². The highest BCUT2D eigenvalue weighted by molar-refractivity contribution is 7.92. The summed E-state index contributed by atoms with van der Waals surface area (Å²) in [6, 6.07) is 11.5. The number of carbonyl (C=O) groups is 1. The van der Waals surface area contributed by atoms with Crippen LogP contribution in [0.2, 0.25) is 0 Å². The van der Waals surface area contributed by atoms with E-state index in [2.05, 4.69) is 5.32 Å². The van der Waals surface area contributed by atoms with Crippen molar-refractivity contribution in [3.05, 3.63) is 53.6 Å². The third-order valence-corrected chi connectivity index (χ3v) is 6.06. The SMILES string of the molecule is CC(=O)Nc1ccc(S(=O)(=O)N2CCC(O)c3cccc(C)c32)cc1. The summed E-state index contributed by atoms with van der Waals surface area (Å²) < 4.78 is 27.6. The van der Waals surface area contributed by atoms with Gasteiger partial charge in [0.2, 0.25) is 5.91 Å². The Labute approximate surface area is 147 Å². The van der Waals surface area contributed by atoms with Crippen molar-refractivity contribution in [3.8, 4) is 0 Å². The van der Waals surface area contributed by atoms with E-state index in [0.717, 1.165) is 5.56 Å². The fourth-order valence-corrected chi connectivity index (χ4v) is 4.65. The zero-order chi connectivity index (χ0) is 18.2. The van der Waals surface area contributed by atoms with Gasteiger partial charge in [0.05, 0.1) is 16.7 Å². The van der Waals surface area contributed by atoms with Crippen LogP contribution in [0.3, 0.4) is 0 Å². The van der Waals surface area contributed by atoms with E-state index in [1.54, 1.807) is 18.2 Å². The van der Waals surface area contributed by atoms with Gasteiger partial charge in [-0.25, -0.2) is 8.42 Å². The summed E-state index contributed by atoms with van der Waals surface area (Å²) in [5.74, 6) is -0.217. The number of nitrogens with one attached hydrogen (secondary N) is 1. The summed E-state index contributed by atoms with van der Waals surface area (Å²) in [6.07, 6.45) is -0.317. The minimum atomic E-state index is -3.76. The molecule has 0 radical (unpaired) electrons. The fourth-order valence-electron chi connectivity index (χ4n) is 3.08. The van der Waals surface area contributed by atoms with Crippen LogP contribution in [0, 0.1) is 6.92 Å². The molecule has 1 heterocycles. The number of fused-ring (bicyclic) bond motifs is 1. The summed E-state index contributed by atoms with van der Waals surface area (Å²) in [5, 5.41) is 12.8. The molecule has 6 nitrogen and oxygen atoms in total. The molecular formula is C18H20N2O4S. The average Bonchev–Trinajstić information content (AvgIpc) is 2.56. The van der Waals surface area contributed by atoms with Crippen LogP contribution in [0.5, 0.6) is 0 Å². The van der Waals surface area contributed by atoms with Crippen molar-refractivity contribution in [3.63, 3.8) is 0 Å². The first kappa shape index (κ1) is 17.4. The van der Waals surface area contributed by atoms with Gasteiger partial charge in [-0.05, 0) is 43.2 Å². The largest absolute Gasteiger partial charge is 0.388 e. The number of aliphatic hydroxyl groups is 1. The Kier molecular flexibility index (Phi) is 4.53. The van der Waals surface area contributed by atoms with E-state index in [0.29, 0.717) is 23.4 Å². The number of hydrogen-bond donors (Lipinski definition) is 2. The first-order chi connectivity index (χ1) is 11.8. The Hall–Kier alpha value is -2.38. The smallest absolute Gasteiger partial charge is 0.264 e. The van der Waals surface area contributed by atoms with Crippen LogP contribution in [0.25, 0.3) is 0 Å². The van der Waals surface area contributed by atoms with E-state index in [-0.39, 0.29) is 17.3 Å². The molecule has 0 fully saturated rings. The quantitative estimate of drug-likeness (QED) is 0.881. The summed E-state index contributed by atoms with van der Waals surface area (Å²) in [6.45, 7) is 3.44. The molecule has 25 heavy (non-hydrogen) atoms. The first-order valence-electron chi connectivity index (χ1n) is 7.98. The molecule has 2 aromatic carbocycles. The second-order valence-electron chi connectivity index (χ2n) is 6.10. The van der Waals surface area contributed by atoms with Gasteiger partial charge in [0, 0.05) is 24.7 Å². The predicted molar refractivity (Wildman–Crippen MR) is 96.0 cm³/mol. The van der Waals surface area contributed by atoms with Crippen LogP contribution in [-0.4, -0.2) is 26.0 Å². The molecule has 132 valence electrons. The summed E-state index contributed by atoms with van der Waals surface area (Å²) >= 11 is 0. The lowest BCUT2D eigenvalue weighted by atomic mass is 9.98. The van der Waals surface area contributed by atoms with Crippen molar-refractivity contribution in [2.45, 2.75) is 31.3 Å². The van der Waals surface area contributed by atoms with E-state index < -0.39 is 16.1 Å². The lowest BCUT2D eigenvalue weighted by molar-refractivity contribution is -0.114. The van der Waals surface area contributed by atoms with Gasteiger partial charge in [0.25, 0.3) is 10.0 Å². The summed E-state index contributed by atoms with van der Waals surface area (Å²) in [4.78, 5) is 11.2. The van der Waals surface area contributed by atoms with Crippen LogP contribution in [0.15, 0.2) is 47.4 Å². The molecule has 0 saturated carbocycles. The molecule has 1 amide bonds. The van der Waals surface area contributed by atoms with Gasteiger partial charge in [-0.2, -0.15) is 0 Å². The number of hydrogen-bond acceptors (Lipinski definition) is 4. The van der Waals surface area contributed by atoms with E-state index in [1.165, 1.54) is 23.4 Å². The molecule has 1 aliphatic rings. The van der Waals surface area contributed by atoms with Crippen molar-refractivity contribution < 1.29 is 18.3 Å². The average molecular weight is 360 g/mol. The fraction of sp³-hybridized carbons (Fsp3) is 0.278. The second-order valence-corrected chi connectivity index (χ2v) is 7.96. The monoisotopic (exact) mass is 360 g/mol. The van der Waals surface area contributed by atoms with Crippen LogP contribution < -0.4 is 9.62 Å². The molecule has 1 unspecified atom stereocenters. The highest BCUT2D eigenvalue weighted by atomic mass is 32.2. The van der Waals surface area contributed by atoms with Crippen molar-refractivity contribution in [1.82, 2.24) is 0 Å². The number of aryl methyl sites for hydroxylation is 1. The molecule has 2 aromatic rings. The Morgan fingerprint density at radius 2 is 1.88 bits per heavy atom. The van der Waals surface area contributed by atoms with E-state index >= 15 is 0 Å². The lowest BCUT2D eigenvalue weighted by Gasteiger charge is -2.34. The van der Waals surface area contributed by atoms with Crippen LogP contribution >= 0.6 is 0 Å². The van der Waals surface area contributed by atoms with Gasteiger partial charge in [-0.3, -0.25) is 9.10 Å². The molecule has 1 atom stereocenters. The van der Waals surface area contributed by atoms with Crippen LogP contribution in [0.1, 0.15) is 30.6 Å². The first-order valence-corrected chi connectivity index (χ1v) is 9.42. The third-order valence-electron chi connectivity index (χ3n) is 4.25. The minimum Gasteiger partial charge on any atom is -0.388 e. The third kappa shape index (κ3) is 3.25. The Morgan fingerprint density at radius 1 is 1.20 bits per heavy atom. The van der Waals surface area contributed by atoms with Crippen molar-refractivity contribution in [1.29, 1.82) is 0 Å². The normalized spacial score (nSPS) is 17.1. The topological polar surface area (TPSA) is 86.7 Å². The van der Waals surface area contributed by atoms with Gasteiger partial charge >= 0.3 is 0 Å². The zero-order valence-corrected chi connectivity index (χ0v) is 14.9. The molecule has 2 N–H and O–H groups in total. The van der Waals surface area contributed by atoms with Gasteiger partial charge < -0.3 is 10.4 Å². The lowest BCUT2D eigenvalue weighted by Crippen LogP contribution is -2.37. The molecule has 3 rings (SSSR count). The summed E-state index contributed by atoms with van der Waals surface area (Å²) in [5.41, 5.74) is 2.52. The molecule has 0 saturated heterocycles. The summed E-state index contributed by atoms with van der Waals surface area (Å²) in [7, 11) is -3.76. The van der Waals surface area contributed by atoms with E-state index in [1.807, 2.05) is 19.1 Å². The molecule has 0 spiro atoms. The molecule has 1 aliphatic heterocycles. The Morgan fingerprint density at radius 3 is 2.52 bits per heavy atom. The van der Waals surface area contributed by atoms with Gasteiger partial charge in [-0.15, -0.1) is 0 Å². The predicted octanol–water partition coefficient (Wildman–Crippen LogP) is 2.59. The zero-order valence-electron chi connectivity index (χ0n) is 14.1. The number of amides is 1. The highest BCUT2D eigenvalue weighted by Gasteiger charge is 2.33. The van der Waals surface area contributed by atoms with Gasteiger partial charge in [0.15, 0.2) is 0 Å². The van der Waals surface area contributed by atoms with Crippen molar-refractivity contribution in [2.24, 2.45) is 0 Å². The van der Waals surface area contributed by atoms with Crippen molar-refractivity contribution in [2.75, 3.05) is 16.2 Å². The highest BCUT2D eigenvalue weighted by Crippen LogP contribution is 2.39. The van der Waals surface area contributed by atoms with Gasteiger partial charge in [-0.1, -0.05) is 18.2 Å². The molecular weight excluding hydrogens is 340 g/mol.